The normalized spacial score (nSPS) is 19.7. The molecule has 1 aromatic rings. The highest BCUT2D eigenvalue weighted by Gasteiger charge is 2.37. The Balaban J connectivity index is 1.67. The topological polar surface area (TPSA) is 44.8 Å². The number of hydrogen-bond donors (Lipinski definition) is 1. The van der Waals surface area contributed by atoms with Crippen molar-refractivity contribution in [2.45, 2.75) is 64.4 Å². The van der Waals surface area contributed by atoms with Crippen molar-refractivity contribution in [2.75, 3.05) is 37.6 Å². The van der Waals surface area contributed by atoms with E-state index in [0.29, 0.717) is 30.4 Å². The van der Waals surface area contributed by atoms with Crippen LogP contribution in [0.2, 0.25) is 18.1 Å². The van der Waals surface area contributed by atoms with E-state index in [1.54, 1.807) is 12.1 Å². The van der Waals surface area contributed by atoms with E-state index in [1.807, 2.05) is 15.9 Å². The lowest BCUT2D eigenvalue weighted by molar-refractivity contribution is -0.133. The average molecular weight is 422 g/mol. The van der Waals surface area contributed by atoms with Gasteiger partial charge in [0.05, 0.1) is 18.8 Å². The van der Waals surface area contributed by atoms with Crippen molar-refractivity contribution < 1.29 is 13.6 Å². The van der Waals surface area contributed by atoms with Crippen LogP contribution in [0.3, 0.4) is 0 Å². The molecule has 2 aliphatic heterocycles. The van der Waals surface area contributed by atoms with Crippen molar-refractivity contribution >= 4 is 19.9 Å². The van der Waals surface area contributed by atoms with Crippen LogP contribution in [0.1, 0.15) is 39.2 Å². The molecule has 0 aliphatic carbocycles. The van der Waals surface area contributed by atoms with Gasteiger partial charge < -0.3 is 19.5 Å². The molecule has 3 rings (SSSR count). The number of piperidine rings is 1. The Labute approximate surface area is 175 Å². The van der Waals surface area contributed by atoms with Crippen molar-refractivity contribution in [1.82, 2.24) is 10.2 Å². The minimum Gasteiger partial charge on any atom is -0.412 e. The van der Waals surface area contributed by atoms with Crippen LogP contribution in [0.4, 0.5) is 10.1 Å². The number of halogens is 1. The van der Waals surface area contributed by atoms with Crippen LogP contribution >= 0.6 is 0 Å². The predicted molar refractivity (Wildman–Crippen MR) is 118 cm³/mol. The molecule has 162 valence electrons. The van der Waals surface area contributed by atoms with Gasteiger partial charge in [0, 0.05) is 24.7 Å². The van der Waals surface area contributed by atoms with Crippen LogP contribution in [0.15, 0.2) is 18.2 Å². The molecule has 1 N–H and O–H groups in total. The van der Waals surface area contributed by atoms with E-state index in [9.17, 15) is 4.79 Å². The molecule has 0 atom stereocenters. The standard InChI is InChI=1S/C22H36FN3O2Si/c1-22(2,3)29(4,5)28-16-17-7-6-8-19(21(17)23)25-13-14-26(20(27)15-25)18-9-11-24-12-10-18/h6-8,18,24H,9-16H2,1-5H3. The monoisotopic (exact) mass is 421 g/mol. The van der Waals surface area contributed by atoms with Crippen molar-refractivity contribution in [1.29, 1.82) is 0 Å². The Hall–Kier alpha value is -1.44. The first-order valence-corrected chi connectivity index (χ1v) is 13.7. The summed E-state index contributed by atoms with van der Waals surface area (Å²) in [7, 11) is -1.95. The van der Waals surface area contributed by atoms with Crippen LogP contribution < -0.4 is 10.2 Å². The van der Waals surface area contributed by atoms with Gasteiger partial charge in [-0.2, -0.15) is 0 Å². The smallest absolute Gasteiger partial charge is 0.242 e. The molecule has 0 bridgehead atoms. The Bertz CT molecular complexity index is 729. The van der Waals surface area contributed by atoms with Gasteiger partial charge in [-0.05, 0) is 50.1 Å². The fraction of sp³-hybridized carbons (Fsp3) is 0.682. The fourth-order valence-electron chi connectivity index (χ4n) is 3.79. The molecular weight excluding hydrogens is 385 g/mol. The van der Waals surface area contributed by atoms with Gasteiger partial charge in [0.25, 0.3) is 0 Å². The maximum atomic E-state index is 15.3. The van der Waals surface area contributed by atoms with Crippen molar-refractivity contribution in [2.24, 2.45) is 0 Å². The van der Waals surface area contributed by atoms with Gasteiger partial charge in [-0.25, -0.2) is 4.39 Å². The van der Waals surface area contributed by atoms with Gasteiger partial charge in [0.15, 0.2) is 14.1 Å². The SMILES string of the molecule is CC(C)(C)[Si](C)(C)OCc1cccc(N2CCN(C3CCNCC3)C(=O)C2)c1F. The van der Waals surface area contributed by atoms with Crippen LogP contribution in [0.25, 0.3) is 0 Å². The number of nitrogens with zero attached hydrogens (tertiary/aromatic N) is 2. The van der Waals surface area contributed by atoms with Crippen molar-refractivity contribution in [3.8, 4) is 0 Å². The zero-order valence-corrected chi connectivity index (χ0v) is 19.6. The number of benzene rings is 1. The lowest BCUT2D eigenvalue weighted by atomic mass is 10.0. The lowest BCUT2D eigenvalue weighted by Crippen LogP contribution is -2.56. The quantitative estimate of drug-likeness (QED) is 0.736. The highest BCUT2D eigenvalue weighted by Crippen LogP contribution is 2.37. The fourth-order valence-corrected chi connectivity index (χ4v) is 4.74. The zero-order chi connectivity index (χ0) is 21.2. The van der Waals surface area contributed by atoms with E-state index >= 15 is 4.39 Å². The van der Waals surface area contributed by atoms with E-state index in [-0.39, 0.29) is 29.9 Å². The molecule has 7 heteroatoms. The van der Waals surface area contributed by atoms with Crippen LogP contribution in [0, 0.1) is 5.82 Å². The maximum Gasteiger partial charge on any atom is 0.242 e. The third kappa shape index (κ3) is 5.01. The molecule has 5 nitrogen and oxygen atoms in total. The highest BCUT2D eigenvalue weighted by atomic mass is 28.4. The summed E-state index contributed by atoms with van der Waals surface area (Å²) in [4.78, 5) is 16.6. The summed E-state index contributed by atoms with van der Waals surface area (Å²) in [5.74, 6) is -0.153. The Morgan fingerprint density at radius 2 is 1.90 bits per heavy atom. The van der Waals surface area contributed by atoms with Gasteiger partial charge >= 0.3 is 0 Å². The van der Waals surface area contributed by atoms with Crippen molar-refractivity contribution in [3.05, 3.63) is 29.6 Å². The lowest BCUT2D eigenvalue weighted by Gasteiger charge is -2.41. The van der Waals surface area contributed by atoms with E-state index < -0.39 is 8.32 Å². The molecule has 29 heavy (non-hydrogen) atoms. The Kier molecular flexibility index (Phi) is 6.70. The number of rotatable bonds is 5. The Morgan fingerprint density at radius 3 is 2.52 bits per heavy atom. The molecule has 0 spiro atoms. The molecule has 0 unspecified atom stereocenters. The van der Waals surface area contributed by atoms with Crippen LogP contribution in [-0.4, -0.2) is 57.9 Å². The van der Waals surface area contributed by atoms with E-state index in [2.05, 4.69) is 39.2 Å². The molecule has 2 heterocycles. The molecule has 2 saturated heterocycles. The van der Waals surface area contributed by atoms with Gasteiger partial charge in [0.2, 0.25) is 5.91 Å². The first-order valence-electron chi connectivity index (χ1n) is 10.8. The number of carbonyl (C=O) groups excluding carboxylic acids is 1. The van der Waals surface area contributed by atoms with E-state index in [0.717, 1.165) is 25.9 Å². The second-order valence-electron chi connectivity index (χ2n) is 9.79. The number of carbonyl (C=O) groups is 1. The molecular formula is C22H36FN3O2Si. The van der Waals surface area contributed by atoms with Crippen LogP contribution in [-0.2, 0) is 15.8 Å². The van der Waals surface area contributed by atoms with E-state index in [4.69, 9.17) is 4.43 Å². The minimum absolute atomic E-state index is 0.0818. The minimum atomic E-state index is -1.95. The summed E-state index contributed by atoms with van der Waals surface area (Å²) in [6.07, 6.45) is 2.00. The number of amides is 1. The summed E-state index contributed by atoms with van der Waals surface area (Å²) >= 11 is 0. The predicted octanol–water partition coefficient (Wildman–Crippen LogP) is 3.75. The Morgan fingerprint density at radius 1 is 1.21 bits per heavy atom. The first-order chi connectivity index (χ1) is 13.6. The number of nitrogens with one attached hydrogen (secondary N) is 1. The summed E-state index contributed by atoms with van der Waals surface area (Å²) in [5, 5.41) is 3.42. The van der Waals surface area contributed by atoms with Crippen molar-refractivity contribution in [3.63, 3.8) is 0 Å². The van der Waals surface area contributed by atoms with Crippen LogP contribution in [0.5, 0.6) is 0 Å². The summed E-state index contributed by atoms with van der Waals surface area (Å²) in [6.45, 7) is 14.7. The third-order valence-electron chi connectivity index (χ3n) is 6.80. The van der Waals surface area contributed by atoms with Gasteiger partial charge in [-0.15, -0.1) is 0 Å². The molecule has 0 aromatic heterocycles. The molecule has 2 aliphatic rings. The molecule has 0 saturated carbocycles. The summed E-state index contributed by atoms with van der Waals surface area (Å²) < 4.78 is 21.5. The maximum absolute atomic E-state index is 15.3. The third-order valence-corrected chi connectivity index (χ3v) is 11.3. The number of piperazine rings is 1. The molecule has 1 amide bonds. The molecule has 0 radical (unpaired) electrons. The second-order valence-corrected chi connectivity index (χ2v) is 14.6. The first kappa shape index (κ1) is 22.2. The number of hydrogen-bond acceptors (Lipinski definition) is 4. The van der Waals surface area contributed by atoms with E-state index in [1.165, 1.54) is 0 Å². The highest BCUT2D eigenvalue weighted by molar-refractivity contribution is 6.74. The summed E-state index contributed by atoms with van der Waals surface area (Å²) in [6, 6.07) is 5.75. The summed E-state index contributed by atoms with van der Waals surface area (Å²) in [5.41, 5.74) is 1.08. The molecule has 2 fully saturated rings. The largest absolute Gasteiger partial charge is 0.412 e. The van der Waals surface area contributed by atoms with Gasteiger partial charge in [-0.1, -0.05) is 32.9 Å². The zero-order valence-electron chi connectivity index (χ0n) is 18.6. The number of anilines is 1. The second kappa shape index (κ2) is 8.74. The van der Waals surface area contributed by atoms with Gasteiger partial charge in [-0.3, -0.25) is 4.79 Å². The molecule has 1 aromatic carbocycles. The van der Waals surface area contributed by atoms with Gasteiger partial charge in [0.1, 0.15) is 0 Å². The average Bonchev–Trinajstić information content (AvgIpc) is 2.67.